The molecule has 1 aliphatic heterocycles. The summed E-state index contributed by atoms with van der Waals surface area (Å²) >= 11 is 0. The van der Waals surface area contributed by atoms with Gasteiger partial charge in [0.25, 0.3) is 0 Å². The standard InChI is InChI=1S/C27H27F3N2O4S/c1-2-37(34,35)24-13-3-19(4-14-24)17-26(33)31-22-9-5-20(6-10-22)25-18-32(15-16-36-25)23-11-7-21(8-12-23)27(28,29)30/h3-14,25H,2,15-18H2,1H3,(H,31,33). The van der Waals surface area contributed by atoms with E-state index in [1.807, 2.05) is 17.0 Å². The first-order valence-corrected chi connectivity index (χ1v) is 13.5. The summed E-state index contributed by atoms with van der Waals surface area (Å²) in [7, 11) is -3.29. The fraction of sp³-hybridized carbons (Fsp3) is 0.296. The summed E-state index contributed by atoms with van der Waals surface area (Å²) in [5, 5.41) is 2.83. The van der Waals surface area contributed by atoms with Gasteiger partial charge in [-0.15, -0.1) is 0 Å². The third-order valence-electron chi connectivity index (χ3n) is 6.22. The maximum absolute atomic E-state index is 12.9. The van der Waals surface area contributed by atoms with Crippen LogP contribution in [0.15, 0.2) is 77.7 Å². The SMILES string of the molecule is CCS(=O)(=O)c1ccc(CC(=O)Nc2ccc(C3CN(c4ccc(C(F)(F)F)cc4)CCO3)cc2)cc1. The number of sulfone groups is 1. The van der Waals surface area contributed by atoms with E-state index in [2.05, 4.69) is 5.32 Å². The van der Waals surface area contributed by atoms with Crippen molar-refractivity contribution in [1.29, 1.82) is 0 Å². The van der Waals surface area contributed by atoms with Crippen molar-refractivity contribution in [2.45, 2.75) is 30.5 Å². The minimum Gasteiger partial charge on any atom is -0.370 e. The zero-order valence-electron chi connectivity index (χ0n) is 20.2. The Morgan fingerprint density at radius 1 is 1.00 bits per heavy atom. The fourth-order valence-electron chi connectivity index (χ4n) is 4.10. The number of alkyl halides is 3. The quantitative estimate of drug-likeness (QED) is 0.450. The normalized spacial score (nSPS) is 16.4. The molecule has 1 aliphatic rings. The molecule has 1 N–H and O–H groups in total. The van der Waals surface area contributed by atoms with Crippen LogP contribution in [0, 0.1) is 0 Å². The number of nitrogens with one attached hydrogen (secondary N) is 1. The van der Waals surface area contributed by atoms with Crippen molar-refractivity contribution in [3.63, 3.8) is 0 Å². The second kappa shape index (κ2) is 10.9. The topological polar surface area (TPSA) is 75.7 Å². The predicted octanol–water partition coefficient (Wildman–Crippen LogP) is 5.26. The van der Waals surface area contributed by atoms with Gasteiger partial charge in [-0.05, 0) is 59.7 Å². The molecule has 1 unspecified atom stereocenters. The van der Waals surface area contributed by atoms with Crippen LogP contribution in [0.25, 0.3) is 0 Å². The van der Waals surface area contributed by atoms with Crippen molar-refractivity contribution in [2.75, 3.05) is 35.7 Å². The largest absolute Gasteiger partial charge is 0.416 e. The average molecular weight is 533 g/mol. The molecule has 3 aromatic carbocycles. The van der Waals surface area contributed by atoms with Crippen LogP contribution in [0.4, 0.5) is 24.5 Å². The summed E-state index contributed by atoms with van der Waals surface area (Å²) in [5.41, 5.74) is 2.21. The molecule has 4 rings (SSSR count). The number of anilines is 2. The summed E-state index contributed by atoms with van der Waals surface area (Å²) in [6.07, 6.45) is -4.54. The third kappa shape index (κ3) is 6.69. The smallest absolute Gasteiger partial charge is 0.370 e. The van der Waals surface area contributed by atoms with Crippen molar-refractivity contribution < 1.29 is 31.1 Å². The Morgan fingerprint density at radius 3 is 2.24 bits per heavy atom. The summed E-state index contributed by atoms with van der Waals surface area (Å²) in [5.74, 6) is -0.219. The second-order valence-electron chi connectivity index (χ2n) is 8.74. The number of hydrogen-bond acceptors (Lipinski definition) is 5. The number of carbonyl (C=O) groups is 1. The van der Waals surface area contributed by atoms with Crippen LogP contribution in [-0.2, 0) is 32.0 Å². The van der Waals surface area contributed by atoms with Gasteiger partial charge in [-0.1, -0.05) is 31.2 Å². The van der Waals surface area contributed by atoms with Crippen LogP contribution in [0.3, 0.4) is 0 Å². The lowest BCUT2D eigenvalue weighted by atomic mass is 10.1. The molecular weight excluding hydrogens is 505 g/mol. The lowest BCUT2D eigenvalue weighted by Crippen LogP contribution is -2.38. The summed E-state index contributed by atoms with van der Waals surface area (Å²) in [6.45, 7) is 3.07. The van der Waals surface area contributed by atoms with Crippen molar-refractivity contribution in [2.24, 2.45) is 0 Å². The zero-order valence-corrected chi connectivity index (χ0v) is 21.0. The molecule has 0 spiro atoms. The predicted molar refractivity (Wildman–Crippen MR) is 135 cm³/mol. The molecule has 3 aromatic rings. The van der Waals surface area contributed by atoms with E-state index in [0.717, 1.165) is 17.7 Å². The summed E-state index contributed by atoms with van der Waals surface area (Å²) in [4.78, 5) is 14.7. The van der Waals surface area contributed by atoms with Gasteiger partial charge in [0.1, 0.15) is 6.10 Å². The maximum Gasteiger partial charge on any atom is 0.416 e. The Kier molecular flexibility index (Phi) is 7.89. The minimum absolute atomic E-state index is 0.0157. The molecule has 37 heavy (non-hydrogen) atoms. The highest BCUT2D eigenvalue weighted by atomic mass is 32.2. The van der Waals surface area contributed by atoms with E-state index in [-0.39, 0.29) is 29.1 Å². The Balaban J connectivity index is 1.34. The van der Waals surface area contributed by atoms with Crippen LogP contribution in [0.2, 0.25) is 0 Å². The molecule has 0 aromatic heterocycles. The number of carbonyl (C=O) groups excluding carboxylic acids is 1. The molecular formula is C27H27F3N2O4S. The molecule has 1 saturated heterocycles. The zero-order chi connectivity index (χ0) is 26.6. The molecule has 1 atom stereocenters. The van der Waals surface area contributed by atoms with Gasteiger partial charge >= 0.3 is 6.18 Å². The van der Waals surface area contributed by atoms with Gasteiger partial charge in [-0.25, -0.2) is 8.42 Å². The number of hydrogen-bond donors (Lipinski definition) is 1. The monoisotopic (exact) mass is 532 g/mol. The van der Waals surface area contributed by atoms with Gasteiger partial charge in [-0.2, -0.15) is 13.2 Å². The molecule has 1 heterocycles. The number of morpholine rings is 1. The molecule has 6 nitrogen and oxygen atoms in total. The fourth-order valence-corrected chi connectivity index (χ4v) is 4.98. The van der Waals surface area contributed by atoms with Crippen LogP contribution < -0.4 is 10.2 Å². The van der Waals surface area contributed by atoms with Crippen molar-refractivity contribution in [3.05, 3.63) is 89.5 Å². The van der Waals surface area contributed by atoms with E-state index in [0.29, 0.717) is 36.6 Å². The van der Waals surface area contributed by atoms with Crippen LogP contribution in [-0.4, -0.2) is 39.8 Å². The molecule has 0 aliphatic carbocycles. The van der Waals surface area contributed by atoms with Crippen LogP contribution in [0.1, 0.15) is 29.7 Å². The molecule has 1 amide bonds. The molecule has 10 heteroatoms. The molecule has 0 saturated carbocycles. The number of ether oxygens (including phenoxy) is 1. The van der Waals surface area contributed by atoms with E-state index in [1.54, 1.807) is 31.2 Å². The maximum atomic E-state index is 12.9. The second-order valence-corrected chi connectivity index (χ2v) is 11.0. The van der Waals surface area contributed by atoms with E-state index < -0.39 is 21.6 Å². The summed E-state index contributed by atoms with van der Waals surface area (Å²) in [6, 6.07) is 18.6. The van der Waals surface area contributed by atoms with Crippen LogP contribution in [0.5, 0.6) is 0 Å². The molecule has 0 bridgehead atoms. The average Bonchev–Trinajstić information content (AvgIpc) is 2.89. The first-order valence-electron chi connectivity index (χ1n) is 11.8. The van der Waals surface area contributed by atoms with E-state index in [4.69, 9.17) is 4.74 Å². The number of nitrogens with zero attached hydrogens (tertiary/aromatic N) is 1. The Morgan fingerprint density at radius 2 is 1.65 bits per heavy atom. The molecule has 0 radical (unpaired) electrons. The van der Waals surface area contributed by atoms with Crippen molar-refractivity contribution in [1.82, 2.24) is 0 Å². The van der Waals surface area contributed by atoms with Gasteiger partial charge in [0.2, 0.25) is 5.91 Å². The van der Waals surface area contributed by atoms with E-state index in [9.17, 15) is 26.4 Å². The van der Waals surface area contributed by atoms with Gasteiger partial charge in [-0.3, -0.25) is 4.79 Å². The highest BCUT2D eigenvalue weighted by Crippen LogP contribution is 2.32. The minimum atomic E-state index is -4.37. The van der Waals surface area contributed by atoms with E-state index in [1.165, 1.54) is 24.3 Å². The van der Waals surface area contributed by atoms with Crippen molar-refractivity contribution in [3.8, 4) is 0 Å². The lowest BCUT2D eigenvalue weighted by molar-refractivity contribution is -0.137. The Labute approximate surface area is 214 Å². The van der Waals surface area contributed by atoms with Gasteiger partial charge in [0, 0.05) is 24.5 Å². The highest BCUT2D eigenvalue weighted by molar-refractivity contribution is 7.91. The molecule has 1 fully saturated rings. The lowest BCUT2D eigenvalue weighted by Gasteiger charge is -2.35. The van der Waals surface area contributed by atoms with Gasteiger partial charge in [0.15, 0.2) is 9.84 Å². The number of halogens is 3. The van der Waals surface area contributed by atoms with Crippen LogP contribution >= 0.6 is 0 Å². The van der Waals surface area contributed by atoms with E-state index >= 15 is 0 Å². The first-order chi connectivity index (χ1) is 17.5. The summed E-state index contributed by atoms with van der Waals surface area (Å²) < 4.78 is 68.3. The number of rotatable bonds is 7. The third-order valence-corrected chi connectivity index (χ3v) is 7.97. The Hall–Kier alpha value is -3.37. The van der Waals surface area contributed by atoms with Gasteiger partial charge in [0.05, 0.1) is 29.2 Å². The number of amides is 1. The Bertz CT molecular complexity index is 1320. The van der Waals surface area contributed by atoms with Crippen molar-refractivity contribution >= 4 is 27.1 Å². The van der Waals surface area contributed by atoms with Gasteiger partial charge < -0.3 is 15.0 Å². The highest BCUT2D eigenvalue weighted by Gasteiger charge is 2.30. The first kappa shape index (κ1) is 26.7. The molecule has 196 valence electrons. The number of benzene rings is 3.